The molecule has 1 saturated heterocycles. The lowest BCUT2D eigenvalue weighted by atomic mass is 9.87. The van der Waals surface area contributed by atoms with Gasteiger partial charge in [-0.15, -0.1) is 0 Å². The number of hydrogen-bond donors (Lipinski definition) is 0. The van der Waals surface area contributed by atoms with E-state index in [2.05, 4.69) is 59.4 Å². The number of rotatable bonds is 9. The molecule has 4 rings (SSSR count). The van der Waals surface area contributed by atoms with Crippen molar-refractivity contribution in [2.75, 3.05) is 19.9 Å². The standard InChI is InChI=1S/C25H38BrN3O3Si/c1-18-5-7-20(8-6-18)29-15-19-13-22(26)24(14-23(19)27-29)32-16-21-9-10-25(30)28(21)17-31-11-12-33(2,3)4/h13-15,18,20-21H,5-12,16-17H2,1-4H3/t18?,20?,21-/m1/s1. The largest absolute Gasteiger partial charge is 0.490 e. The Kier molecular flexibility index (Phi) is 7.86. The molecule has 0 spiro atoms. The van der Waals surface area contributed by atoms with Crippen LogP contribution in [0.25, 0.3) is 10.9 Å². The van der Waals surface area contributed by atoms with Gasteiger partial charge in [-0.2, -0.15) is 5.10 Å². The normalized spacial score (nSPS) is 24.1. The molecule has 6 nitrogen and oxygen atoms in total. The summed E-state index contributed by atoms with van der Waals surface area (Å²) >= 11 is 3.67. The van der Waals surface area contributed by atoms with Crippen LogP contribution in [0, 0.1) is 5.92 Å². The van der Waals surface area contributed by atoms with Crippen molar-refractivity contribution in [3.05, 3.63) is 22.8 Å². The molecule has 0 radical (unpaired) electrons. The SMILES string of the molecule is CC1CCC(n2cc3cc(Br)c(OC[C@H]4CCC(=O)N4COCC[Si](C)(C)C)cc3n2)CC1. The van der Waals surface area contributed by atoms with Crippen molar-refractivity contribution in [1.82, 2.24) is 14.7 Å². The Morgan fingerprint density at radius 2 is 1.91 bits per heavy atom. The zero-order chi connectivity index (χ0) is 23.6. The van der Waals surface area contributed by atoms with Crippen molar-refractivity contribution in [2.45, 2.75) is 83.2 Å². The van der Waals surface area contributed by atoms with Crippen LogP contribution < -0.4 is 4.74 Å². The van der Waals surface area contributed by atoms with Crippen molar-refractivity contribution in [3.8, 4) is 5.75 Å². The minimum Gasteiger partial charge on any atom is -0.490 e. The van der Waals surface area contributed by atoms with Gasteiger partial charge >= 0.3 is 0 Å². The summed E-state index contributed by atoms with van der Waals surface area (Å²) in [7, 11) is -1.13. The van der Waals surface area contributed by atoms with E-state index in [1.54, 1.807) is 0 Å². The van der Waals surface area contributed by atoms with Crippen molar-refractivity contribution >= 4 is 40.8 Å². The number of ether oxygens (including phenoxy) is 2. The Morgan fingerprint density at radius 3 is 2.64 bits per heavy atom. The van der Waals surface area contributed by atoms with E-state index in [0.717, 1.165) is 46.1 Å². The summed E-state index contributed by atoms with van der Waals surface area (Å²) in [5.41, 5.74) is 0.959. The first-order valence-electron chi connectivity index (χ1n) is 12.4. The molecule has 2 fully saturated rings. The number of likely N-dealkylation sites (tertiary alicyclic amines) is 1. The minimum atomic E-state index is -1.13. The van der Waals surface area contributed by atoms with Crippen LogP contribution in [-0.4, -0.2) is 54.6 Å². The molecule has 2 heterocycles. The third kappa shape index (κ3) is 6.39. The van der Waals surface area contributed by atoms with Gasteiger partial charge in [-0.25, -0.2) is 0 Å². The number of hydrogen-bond acceptors (Lipinski definition) is 4. The van der Waals surface area contributed by atoms with Crippen LogP contribution in [0.15, 0.2) is 22.8 Å². The molecule has 1 amide bonds. The second-order valence-electron chi connectivity index (χ2n) is 11.1. The van der Waals surface area contributed by atoms with Gasteiger partial charge in [0.25, 0.3) is 0 Å². The summed E-state index contributed by atoms with van der Waals surface area (Å²) in [4.78, 5) is 14.2. The molecule has 8 heteroatoms. The van der Waals surface area contributed by atoms with E-state index < -0.39 is 8.07 Å². The number of carbonyl (C=O) groups excluding carboxylic acids is 1. The molecule has 1 atom stereocenters. The van der Waals surface area contributed by atoms with Crippen LogP contribution in [0.1, 0.15) is 51.5 Å². The molecule has 2 aliphatic rings. The number of amides is 1. The molecule has 1 aromatic heterocycles. The summed E-state index contributed by atoms with van der Waals surface area (Å²) < 4.78 is 15.1. The van der Waals surface area contributed by atoms with Gasteiger partial charge in [-0.3, -0.25) is 9.48 Å². The summed E-state index contributed by atoms with van der Waals surface area (Å²) in [5.74, 6) is 1.77. The van der Waals surface area contributed by atoms with E-state index >= 15 is 0 Å². The lowest BCUT2D eigenvalue weighted by molar-refractivity contribution is -0.134. The molecule has 2 aromatic rings. The van der Waals surface area contributed by atoms with Gasteiger partial charge in [0.1, 0.15) is 19.1 Å². The van der Waals surface area contributed by atoms with Gasteiger partial charge in [0, 0.05) is 38.8 Å². The molecule has 1 aliphatic heterocycles. The Hall–Kier alpha value is -1.38. The summed E-state index contributed by atoms with van der Waals surface area (Å²) in [5, 5.41) is 6.00. The Morgan fingerprint density at radius 1 is 1.15 bits per heavy atom. The average molecular weight is 537 g/mol. The number of benzene rings is 1. The van der Waals surface area contributed by atoms with Crippen LogP contribution in [0.2, 0.25) is 25.7 Å². The van der Waals surface area contributed by atoms with Crippen LogP contribution in [0.5, 0.6) is 5.75 Å². The Bertz CT molecular complexity index is 966. The van der Waals surface area contributed by atoms with Crippen LogP contribution in [0.3, 0.4) is 0 Å². The summed E-state index contributed by atoms with van der Waals surface area (Å²) in [6, 6.07) is 5.77. The second-order valence-corrected chi connectivity index (χ2v) is 17.6. The topological polar surface area (TPSA) is 56.6 Å². The van der Waals surface area contributed by atoms with Crippen LogP contribution in [-0.2, 0) is 9.53 Å². The molecule has 0 N–H and O–H groups in total. The van der Waals surface area contributed by atoms with Gasteiger partial charge in [0.15, 0.2) is 0 Å². The van der Waals surface area contributed by atoms with Crippen LogP contribution in [0.4, 0.5) is 0 Å². The number of aromatic nitrogens is 2. The second kappa shape index (κ2) is 10.5. The van der Waals surface area contributed by atoms with E-state index in [1.807, 2.05) is 11.0 Å². The molecule has 1 aliphatic carbocycles. The first-order chi connectivity index (χ1) is 15.7. The van der Waals surface area contributed by atoms with Crippen LogP contribution >= 0.6 is 15.9 Å². The van der Waals surface area contributed by atoms with E-state index in [4.69, 9.17) is 14.6 Å². The van der Waals surface area contributed by atoms with E-state index in [9.17, 15) is 4.79 Å². The first-order valence-corrected chi connectivity index (χ1v) is 16.9. The monoisotopic (exact) mass is 535 g/mol. The molecule has 33 heavy (non-hydrogen) atoms. The lowest BCUT2D eigenvalue weighted by Gasteiger charge is -2.26. The summed E-state index contributed by atoms with van der Waals surface area (Å²) in [6.07, 6.45) is 8.49. The predicted molar refractivity (Wildman–Crippen MR) is 138 cm³/mol. The zero-order valence-electron chi connectivity index (χ0n) is 20.5. The Balaban J connectivity index is 1.36. The van der Waals surface area contributed by atoms with Crippen molar-refractivity contribution in [2.24, 2.45) is 5.92 Å². The van der Waals surface area contributed by atoms with Gasteiger partial charge in [-0.05, 0) is 66.1 Å². The van der Waals surface area contributed by atoms with Crippen molar-refractivity contribution in [1.29, 1.82) is 0 Å². The fraction of sp³-hybridized carbons (Fsp3) is 0.680. The highest BCUT2D eigenvalue weighted by molar-refractivity contribution is 9.10. The lowest BCUT2D eigenvalue weighted by Crippen LogP contribution is -2.39. The third-order valence-corrected chi connectivity index (χ3v) is 9.37. The van der Waals surface area contributed by atoms with E-state index in [0.29, 0.717) is 25.8 Å². The van der Waals surface area contributed by atoms with E-state index in [-0.39, 0.29) is 11.9 Å². The quantitative estimate of drug-likeness (QED) is 0.282. The van der Waals surface area contributed by atoms with Crippen molar-refractivity contribution in [3.63, 3.8) is 0 Å². The Labute approximate surface area is 207 Å². The minimum absolute atomic E-state index is 0.0498. The fourth-order valence-corrected chi connectivity index (χ4v) is 5.95. The van der Waals surface area contributed by atoms with Crippen molar-refractivity contribution < 1.29 is 14.3 Å². The molecule has 0 bridgehead atoms. The molecule has 182 valence electrons. The molecule has 1 saturated carbocycles. The predicted octanol–water partition coefficient (Wildman–Crippen LogP) is 6.23. The first kappa shape index (κ1) is 24.7. The number of halogens is 1. The third-order valence-electron chi connectivity index (χ3n) is 7.05. The van der Waals surface area contributed by atoms with E-state index in [1.165, 1.54) is 25.7 Å². The number of nitrogens with zero attached hydrogens (tertiary/aromatic N) is 3. The zero-order valence-corrected chi connectivity index (χ0v) is 23.1. The molecule has 0 unspecified atom stereocenters. The highest BCUT2D eigenvalue weighted by Crippen LogP contribution is 2.35. The van der Waals surface area contributed by atoms with Gasteiger partial charge in [0.05, 0.1) is 22.1 Å². The maximum absolute atomic E-state index is 12.4. The highest BCUT2D eigenvalue weighted by atomic mass is 79.9. The van der Waals surface area contributed by atoms with Gasteiger partial charge in [0.2, 0.25) is 5.91 Å². The molecular weight excluding hydrogens is 498 g/mol. The average Bonchev–Trinajstić information content (AvgIpc) is 3.32. The highest BCUT2D eigenvalue weighted by Gasteiger charge is 2.32. The maximum Gasteiger partial charge on any atom is 0.224 e. The molecular formula is C25H38BrN3O3Si. The van der Waals surface area contributed by atoms with Gasteiger partial charge in [-0.1, -0.05) is 26.6 Å². The fourth-order valence-electron chi connectivity index (χ4n) is 4.72. The van der Waals surface area contributed by atoms with Gasteiger partial charge < -0.3 is 14.4 Å². The summed E-state index contributed by atoms with van der Waals surface area (Å²) in [6.45, 7) is 10.9. The number of fused-ring (bicyclic) bond motifs is 1. The maximum atomic E-state index is 12.4. The molecule has 1 aromatic carbocycles. The number of carbonyl (C=O) groups is 1. The smallest absolute Gasteiger partial charge is 0.224 e.